The SMILES string of the molecule is C/C=C\C(=C/C)Cn1cnc2ccccc21. The van der Waals surface area contributed by atoms with Crippen molar-refractivity contribution in [3.63, 3.8) is 0 Å². The van der Waals surface area contributed by atoms with Gasteiger partial charge in [0.15, 0.2) is 0 Å². The molecule has 2 nitrogen and oxygen atoms in total. The van der Waals surface area contributed by atoms with Crippen molar-refractivity contribution < 1.29 is 0 Å². The lowest BCUT2D eigenvalue weighted by Crippen LogP contribution is -1.97. The number of aromatic nitrogens is 2. The number of imidazole rings is 1. The minimum absolute atomic E-state index is 0.876. The average Bonchev–Trinajstić information content (AvgIpc) is 2.72. The van der Waals surface area contributed by atoms with Crippen LogP contribution in [0.3, 0.4) is 0 Å². The minimum Gasteiger partial charge on any atom is -0.326 e. The first-order valence-corrected chi connectivity index (χ1v) is 5.53. The van der Waals surface area contributed by atoms with Gasteiger partial charge in [-0.2, -0.15) is 0 Å². The van der Waals surface area contributed by atoms with Gasteiger partial charge in [0.2, 0.25) is 0 Å². The van der Waals surface area contributed by atoms with Crippen LogP contribution in [0.4, 0.5) is 0 Å². The summed E-state index contributed by atoms with van der Waals surface area (Å²) in [4.78, 5) is 4.38. The van der Waals surface area contributed by atoms with Gasteiger partial charge in [-0.3, -0.25) is 0 Å². The predicted molar refractivity (Wildman–Crippen MR) is 68.3 cm³/mol. The van der Waals surface area contributed by atoms with Crippen molar-refractivity contribution in [2.75, 3.05) is 0 Å². The Hall–Kier alpha value is -1.83. The summed E-state index contributed by atoms with van der Waals surface area (Å²) in [7, 11) is 0. The summed E-state index contributed by atoms with van der Waals surface area (Å²) in [5.41, 5.74) is 3.54. The molecule has 0 saturated carbocycles. The second-order valence-corrected chi connectivity index (χ2v) is 3.72. The highest BCUT2D eigenvalue weighted by Crippen LogP contribution is 2.13. The van der Waals surface area contributed by atoms with Gasteiger partial charge in [0, 0.05) is 6.54 Å². The Morgan fingerprint density at radius 3 is 2.88 bits per heavy atom. The van der Waals surface area contributed by atoms with E-state index in [1.807, 2.05) is 31.5 Å². The summed E-state index contributed by atoms with van der Waals surface area (Å²) in [5.74, 6) is 0. The fourth-order valence-corrected chi connectivity index (χ4v) is 1.79. The molecule has 0 amide bonds. The van der Waals surface area contributed by atoms with Crippen LogP contribution in [-0.2, 0) is 6.54 Å². The van der Waals surface area contributed by atoms with Crippen LogP contribution in [0.15, 0.2) is 54.4 Å². The number of hydrogen-bond donors (Lipinski definition) is 0. The summed E-state index contributed by atoms with van der Waals surface area (Å²) >= 11 is 0. The molecule has 0 atom stereocenters. The molecule has 0 fully saturated rings. The maximum atomic E-state index is 4.38. The largest absolute Gasteiger partial charge is 0.326 e. The molecule has 2 aromatic rings. The molecule has 0 N–H and O–H groups in total. The van der Waals surface area contributed by atoms with Gasteiger partial charge < -0.3 is 4.57 Å². The molecule has 0 radical (unpaired) electrons. The quantitative estimate of drug-likeness (QED) is 0.711. The average molecular weight is 212 g/mol. The Balaban J connectivity index is 2.34. The Kier molecular flexibility index (Phi) is 3.20. The van der Waals surface area contributed by atoms with E-state index in [2.05, 4.69) is 40.8 Å². The first-order valence-electron chi connectivity index (χ1n) is 5.53. The normalized spacial score (nSPS) is 12.8. The molecule has 2 heteroatoms. The van der Waals surface area contributed by atoms with Crippen molar-refractivity contribution in [1.29, 1.82) is 0 Å². The van der Waals surface area contributed by atoms with E-state index in [1.165, 1.54) is 11.1 Å². The van der Waals surface area contributed by atoms with E-state index < -0.39 is 0 Å². The number of para-hydroxylation sites is 2. The zero-order chi connectivity index (χ0) is 11.4. The summed E-state index contributed by atoms with van der Waals surface area (Å²) in [6, 6.07) is 8.20. The maximum Gasteiger partial charge on any atom is 0.0961 e. The first kappa shape index (κ1) is 10.7. The van der Waals surface area contributed by atoms with E-state index in [1.54, 1.807) is 0 Å². The van der Waals surface area contributed by atoms with E-state index in [-0.39, 0.29) is 0 Å². The minimum atomic E-state index is 0.876. The fraction of sp³-hybridized carbons (Fsp3) is 0.214. The van der Waals surface area contributed by atoms with E-state index in [0.29, 0.717) is 0 Å². The lowest BCUT2D eigenvalue weighted by Gasteiger charge is -2.04. The van der Waals surface area contributed by atoms with Crippen LogP contribution in [0.1, 0.15) is 13.8 Å². The van der Waals surface area contributed by atoms with Crippen molar-refractivity contribution in [1.82, 2.24) is 9.55 Å². The van der Waals surface area contributed by atoms with Gasteiger partial charge >= 0.3 is 0 Å². The lowest BCUT2D eigenvalue weighted by molar-refractivity contribution is 0.822. The topological polar surface area (TPSA) is 17.8 Å². The molecule has 0 aliphatic heterocycles. The van der Waals surface area contributed by atoms with Crippen molar-refractivity contribution in [3.05, 3.63) is 54.4 Å². The summed E-state index contributed by atoms with van der Waals surface area (Å²) < 4.78 is 2.17. The predicted octanol–water partition coefficient (Wildman–Crippen LogP) is 3.56. The van der Waals surface area contributed by atoms with E-state index in [9.17, 15) is 0 Å². The molecule has 1 aromatic carbocycles. The number of allylic oxidation sites excluding steroid dienone is 4. The summed E-state index contributed by atoms with van der Waals surface area (Å²) in [6.07, 6.45) is 8.23. The molecule has 0 aliphatic rings. The first-order chi connectivity index (χ1) is 7.85. The maximum absolute atomic E-state index is 4.38. The van der Waals surface area contributed by atoms with Gasteiger partial charge in [0.1, 0.15) is 0 Å². The number of hydrogen-bond acceptors (Lipinski definition) is 1. The number of nitrogens with zero attached hydrogens (tertiary/aromatic N) is 2. The standard InChI is InChI=1S/C14H16N2/c1-3-7-12(4-2)10-16-11-15-13-8-5-6-9-14(13)16/h3-9,11H,10H2,1-2H3/b7-3-,12-4+. The van der Waals surface area contributed by atoms with Crippen molar-refractivity contribution >= 4 is 11.0 Å². The Morgan fingerprint density at radius 2 is 2.12 bits per heavy atom. The fourth-order valence-electron chi connectivity index (χ4n) is 1.79. The summed E-state index contributed by atoms with van der Waals surface area (Å²) in [6.45, 7) is 4.98. The monoisotopic (exact) mass is 212 g/mol. The van der Waals surface area contributed by atoms with Gasteiger partial charge in [-0.05, 0) is 31.6 Å². The molecule has 0 bridgehead atoms. The third-order valence-electron chi connectivity index (χ3n) is 2.63. The van der Waals surface area contributed by atoms with Gasteiger partial charge in [0.05, 0.1) is 17.4 Å². The van der Waals surface area contributed by atoms with Crippen molar-refractivity contribution in [3.8, 4) is 0 Å². The molecular formula is C14H16N2. The molecule has 1 aromatic heterocycles. The van der Waals surface area contributed by atoms with Gasteiger partial charge in [0.25, 0.3) is 0 Å². The molecule has 16 heavy (non-hydrogen) atoms. The molecule has 1 heterocycles. The Bertz CT molecular complexity index is 532. The number of benzene rings is 1. The smallest absolute Gasteiger partial charge is 0.0961 e. The molecule has 82 valence electrons. The zero-order valence-electron chi connectivity index (χ0n) is 9.72. The van der Waals surface area contributed by atoms with Crippen LogP contribution in [0.25, 0.3) is 11.0 Å². The second-order valence-electron chi connectivity index (χ2n) is 3.72. The van der Waals surface area contributed by atoms with Crippen LogP contribution in [-0.4, -0.2) is 9.55 Å². The zero-order valence-corrected chi connectivity index (χ0v) is 9.72. The Labute approximate surface area is 95.9 Å². The molecule has 2 rings (SSSR count). The van der Waals surface area contributed by atoms with E-state index in [4.69, 9.17) is 0 Å². The van der Waals surface area contributed by atoms with Crippen molar-refractivity contribution in [2.24, 2.45) is 0 Å². The number of fused-ring (bicyclic) bond motifs is 1. The van der Waals surface area contributed by atoms with Crippen molar-refractivity contribution in [2.45, 2.75) is 20.4 Å². The van der Waals surface area contributed by atoms with Crippen LogP contribution >= 0.6 is 0 Å². The molecular weight excluding hydrogens is 196 g/mol. The van der Waals surface area contributed by atoms with Crippen LogP contribution < -0.4 is 0 Å². The van der Waals surface area contributed by atoms with E-state index in [0.717, 1.165) is 12.1 Å². The Morgan fingerprint density at radius 1 is 1.31 bits per heavy atom. The highest BCUT2D eigenvalue weighted by atomic mass is 15.0. The third-order valence-corrected chi connectivity index (χ3v) is 2.63. The molecule has 0 spiro atoms. The lowest BCUT2D eigenvalue weighted by atomic mass is 10.2. The second kappa shape index (κ2) is 4.79. The van der Waals surface area contributed by atoms with Gasteiger partial charge in [-0.25, -0.2) is 4.98 Å². The van der Waals surface area contributed by atoms with Crippen LogP contribution in [0.5, 0.6) is 0 Å². The molecule has 0 saturated heterocycles. The van der Waals surface area contributed by atoms with E-state index >= 15 is 0 Å². The number of rotatable bonds is 3. The summed E-state index contributed by atoms with van der Waals surface area (Å²) in [5, 5.41) is 0. The molecule has 0 unspecified atom stereocenters. The van der Waals surface area contributed by atoms with Gasteiger partial charge in [-0.1, -0.05) is 30.4 Å². The third kappa shape index (κ3) is 2.06. The highest BCUT2D eigenvalue weighted by molar-refractivity contribution is 5.75. The van der Waals surface area contributed by atoms with Crippen LogP contribution in [0, 0.1) is 0 Å². The highest BCUT2D eigenvalue weighted by Gasteiger charge is 2.01. The van der Waals surface area contributed by atoms with Crippen LogP contribution in [0.2, 0.25) is 0 Å². The van der Waals surface area contributed by atoms with Gasteiger partial charge in [-0.15, -0.1) is 0 Å². The molecule has 0 aliphatic carbocycles.